The Hall–Kier alpha value is -2.74. The van der Waals surface area contributed by atoms with Crippen LogP contribution < -0.4 is 14.2 Å². The lowest BCUT2D eigenvalue weighted by Gasteiger charge is -2.09. The highest BCUT2D eigenvalue weighted by Gasteiger charge is 2.16. The Morgan fingerprint density at radius 3 is 2.89 bits per heavy atom. The summed E-state index contributed by atoms with van der Waals surface area (Å²) in [5.74, 6) is 0.996. The predicted octanol–water partition coefficient (Wildman–Crippen LogP) is 3.50. The van der Waals surface area contributed by atoms with Gasteiger partial charge in [0.15, 0.2) is 5.75 Å². The molecule has 0 amide bonds. The molecule has 1 aromatic carbocycles. The van der Waals surface area contributed by atoms with Crippen LogP contribution >= 0.6 is 36.0 Å². The minimum atomic E-state index is -0.0638. The van der Waals surface area contributed by atoms with Crippen molar-refractivity contribution in [3.63, 3.8) is 0 Å². The molecule has 3 rings (SSSR count). The second kappa shape index (κ2) is 9.45. The Balaban J connectivity index is 1.76. The normalized spacial score (nSPS) is 10.4. The molecule has 0 aliphatic rings. The van der Waals surface area contributed by atoms with Crippen LogP contribution in [0, 0.1) is 11.3 Å². The first kappa shape index (κ1) is 20.0. The van der Waals surface area contributed by atoms with Gasteiger partial charge in [-0.25, -0.2) is 9.97 Å². The molecule has 0 atom stereocenters. The van der Waals surface area contributed by atoms with E-state index in [9.17, 15) is 5.26 Å². The van der Waals surface area contributed by atoms with E-state index in [1.165, 1.54) is 6.07 Å². The predicted molar refractivity (Wildman–Crippen MR) is 105 cm³/mol. The average Bonchev–Trinajstić information content (AvgIpc) is 3.20. The molecule has 144 valence electrons. The fraction of sp³-hybridized carbons (Fsp3) is 0.188. The summed E-state index contributed by atoms with van der Waals surface area (Å²) in [6, 6.07) is 6.77. The lowest BCUT2D eigenvalue weighted by molar-refractivity contribution is 0.219. The zero-order valence-corrected chi connectivity index (χ0v) is 16.5. The summed E-state index contributed by atoms with van der Waals surface area (Å²) in [6.07, 6.45) is 1.49. The smallest absolute Gasteiger partial charge is 0.415 e. The maximum absolute atomic E-state index is 9.34. The van der Waals surface area contributed by atoms with Crippen LogP contribution in [0.15, 0.2) is 28.8 Å². The third-order valence-electron chi connectivity index (χ3n) is 3.30. The molecule has 0 saturated heterocycles. The third kappa shape index (κ3) is 4.75. The third-order valence-corrected chi connectivity index (χ3v) is 3.93. The van der Waals surface area contributed by atoms with Gasteiger partial charge in [-0.05, 0) is 18.2 Å². The van der Waals surface area contributed by atoms with Crippen LogP contribution in [0.25, 0.3) is 11.5 Å². The largest absolute Gasteiger partial charge is 0.489 e. The summed E-state index contributed by atoms with van der Waals surface area (Å²) in [5, 5.41) is 17.3. The number of benzene rings is 1. The fourth-order valence-corrected chi connectivity index (χ4v) is 2.60. The number of halogens is 2. The molecule has 28 heavy (non-hydrogen) atoms. The van der Waals surface area contributed by atoms with Gasteiger partial charge in [0.1, 0.15) is 19.3 Å². The van der Waals surface area contributed by atoms with Crippen molar-refractivity contribution in [3.8, 4) is 29.3 Å². The first-order valence-electron chi connectivity index (χ1n) is 7.75. The van der Waals surface area contributed by atoms with Crippen molar-refractivity contribution in [1.29, 1.82) is 5.26 Å². The summed E-state index contributed by atoms with van der Waals surface area (Å²) in [6.45, 7) is 0.309. The van der Waals surface area contributed by atoms with Crippen LogP contribution in [-0.4, -0.2) is 32.7 Å². The van der Waals surface area contributed by atoms with Gasteiger partial charge in [-0.2, -0.15) is 5.26 Å². The van der Waals surface area contributed by atoms with Crippen LogP contribution in [0.3, 0.4) is 0 Å². The number of nitrogens with zero attached hydrogens (tertiary/aromatic N) is 5. The number of nitrogens with one attached hydrogen (secondary N) is 1. The highest BCUT2D eigenvalue weighted by molar-refractivity contribution is 7.81. The number of alkyl halides is 1. The van der Waals surface area contributed by atoms with Gasteiger partial charge in [-0.15, -0.1) is 16.7 Å². The highest BCUT2D eigenvalue weighted by atomic mass is 35.5. The number of anilines is 1. The SMILES string of the molecule is N#Cc1cc(-c2nnc(OCc3ccnc(NS)n3)o2)cc(Cl)c1OCCCl. The number of ether oxygens (including phenoxy) is 2. The van der Waals surface area contributed by atoms with E-state index in [2.05, 4.69) is 37.7 Å². The zero-order chi connectivity index (χ0) is 19.9. The first-order chi connectivity index (χ1) is 13.6. The van der Waals surface area contributed by atoms with E-state index in [1.807, 2.05) is 6.07 Å². The summed E-state index contributed by atoms with van der Waals surface area (Å²) >= 11 is 15.7. The molecule has 2 heterocycles. The van der Waals surface area contributed by atoms with Crippen molar-refractivity contribution in [2.75, 3.05) is 17.2 Å². The van der Waals surface area contributed by atoms with Crippen LogP contribution in [-0.2, 0) is 6.61 Å². The minimum Gasteiger partial charge on any atom is -0.489 e. The van der Waals surface area contributed by atoms with E-state index in [-0.39, 0.29) is 47.4 Å². The molecule has 0 spiro atoms. The molecular formula is C16H12Cl2N6O3S. The van der Waals surface area contributed by atoms with Crippen LogP contribution in [0.4, 0.5) is 5.95 Å². The molecule has 3 aromatic rings. The van der Waals surface area contributed by atoms with Crippen molar-refractivity contribution in [2.24, 2.45) is 0 Å². The van der Waals surface area contributed by atoms with E-state index < -0.39 is 0 Å². The van der Waals surface area contributed by atoms with E-state index in [0.717, 1.165) is 0 Å². The molecule has 0 radical (unpaired) electrons. The monoisotopic (exact) mass is 438 g/mol. The lowest BCUT2D eigenvalue weighted by atomic mass is 10.1. The minimum absolute atomic E-state index is 0.0638. The molecule has 1 N–H and O–H groups in total. The Morgan fingerprint density at radius 2 is 2.14 bits per heavy atom. The van der Waals surface area contributed by atoms with Crippen molar-refractivity contribution < 1.29 is 13.9 Å². The van der Waals surface area contributed by atoms with Gasteiger partial charge in [0.05, 0.1) is 22.2 Å². The maximum Gasteiger partial charge on any atom is 0.415 e. The topological polar surface area (TPSA) is 119 Å². The van der Waals surface area contributed by atoms with Gasteiger partial charge >= 0.3 is 6.08 Å². The molecule has 2 aromatic heterocycles. The Morgan fingerprint density at radius 1 is 1.29 bits per heavy atom. The van der Waals surface area contributed by atoms with Crippen LogP contribution in [0.2, 0.25) is 5.02 Å². The number of hydrogen-bond donors (Lipinski definition) is 2. The molecular weight excluding hydrogens is 427 g/mol. The van der Waals surface area contributed by atoms with Crippen molar-refractivity contribution in [1.82, 2.24) is 20.2 Å². The molecule has 0 fully saturated rings. The summed E-state index contributed by atoms with van der Waals surface area (Å²) in [5.41, 5.74) is 1.26. The van der Waals surface area contributed by atoms with Gasteiger partial charge in [0, 0.05) is 11.8 Å². The molecule has 0 unspecified atom stereocenters. The Kier molecular flexibility index (Phi) is 6.76. The quantitative estimate of drug-likeness (QED) is 0.401. The fourth-order valence-electron chi connectivity index (χ4n) is 2.14. The maximum atomic E-state index is 9.34. The Bertz CT molecular complexity index is 1010. The molecule has 0 saturated carbocycles. The molecule has 0 aliphatic carbocycles. The number of hydrogen-bond acceptors (Lipinski definition) is 10. The summed E-state index contributed by atoms with van der Waals surface area (Å²) in [4.78, 5) is 8.09. The average molecular weight is 439 g/mol. The van der Waals surface area contributed by atoms with E-state index in [1.54, 1.807) is 18.3 Å². The van der Waals surface area contributed by atoms with Gasteiger partial charge in [-0.3, -0.25) is 0 Å². The van der Waals surface area contributed by atoms with Crippen LogP contribution in [0.1, 0.15) is 11.3 Å². The van der Waals surface area contributed by atoms with Gasteiger partial charge in [-0.1, -0.05) is 29.5 Å². The first-order valence-corrected chi connectivity index (χ1v) is 9.11. The molecule has 12 heteroatoms. The number of aromatic nitrogens is 4. The second-order valence-corrected chi connectivity index (χ2v) is 6.14. The van der Waals surface area contributed by atoms with E-state index in [4.69, 9.17) is 37.1 Å². The number of nitriles is 1. The van der Waals surface area contributed by atoms with Crippen LogP contribution in [0.5, 0.6) is 11.8 Å². The molecule has 9 nitrogen and oxygen atoms in total. The highest BCUT2D eigenvalue weighted by Crippen LogP contribution is 2.34. The Labute approximate surface area is 175 Å². The van der Waals surface area contributed by atoms with E-state index >= 15 is 0 Å². The van der Waals surface area contributed by atoms with Crippen molar-refractivity contribution in [2.45, 2.75) is 6.61 Å². The van der Waals surface area contributed by atoms with Gasteiger partial charge in [0.2, 0.25) is 5.95 Å². The van der Waals surface area contributed by atoms with E-state index in [0.29, 0.717) is 17.2 Å². The standard InChI is InChI=1S/C16H12Cl2N6O3S/c17-2-4-25-13-10(7-19)5-9(6-12(13)18)14-22-23-16(27-14)26-8-11-1-3-20-15(21-11)24-28/h1,3,5-6,28H,2,4,8H2,(H,20,21,24). The lowest BCUT2D eigenvalue weighted by Crippen LogP contribution is -2.01. The van der Waals surface area contributed by atoms with Gasteiger partial charge in [0.25, 0.3) is 5.89 Å². The van der Waals surface area contributed by atoms with Gasteiger partial charge < -0.3 is 18.6 Å². The van der Waals surface area contributed by atoms with Crippen molar-refractivity contribution >= 4 is 42.0 Å². The summed E-state index contributed by atoms with van der Waals surface area (Å²) in [7, 11) is 0. The molecule has 0 bridgehead atoms. The summed E-state index contributed by atoms with van der Waals surface area (Å²) < 4.78 is 18.9. The number of thiol groups is 1. The zero-order valence-electron chi connectivity index (χ0n) is 14.1. The second-order valence-electron chi connectivity index (χ2n) is 5.13. The number of rotatable bonds is 8. The molecule has 0 aliphatic heterocycles. The van der Waals surface area contributed by atoms with Crippen molar-refractivity contribution in [3.05, 3.63) is 40.7 Å².